The number of hydrogen-bond donors (Lipinski definition) is 0. The van der Waals surface area contributed by atoms with Crippen molar-refractivity contribution in [3.05, 3.63) is 75.1 Å². The van der Waals surface area contributed by atoms with Gasteiger partial charge in [0, 0.05) is 21.8 Å². The van der Waals surface area contributed by atoms with E-state index in [1.807, 2.05) is 19.9 Å². The Balaban J connectivity index is 2.43. The zero-order valence-corrected chi connectivity index (χ0v) is 21.6. The zero-order valence-electron chi connectivity index (χ0n) is 20.8. The van der Waals surface area contributed by atoms with Crippen LogP contribution < -0.4 is 14.4 Å². The molecule has 0 N–H and O–H groups in total. The van der Waals surface area contributed by atoms with E-state index in [-0.39, 0.29) is 18.6 Å². The third-order valence-corrected chi connectivity index (χ3v) is 6.68. The molecule has 0 radical (unpaired) electrons. The van der Waals surface area contributed by atoms with Crippen LogP contribution in [-0.2, 0) is 4.74 Å². The molecule has 0 saturated heterocycles. The fraction of sp³-hybridized carbons (Fsp3) is 0.407. The van der Waals surface area contributed by atoms with E-state index in [9.17, 15) is 13.2 Å². The van der Waals surface area contributed by atoms with Gasteiger partial charge in [0.1, 0.15) is 11.8 Å². The number of hydrogen-bond acceptors (Lipinski definition) is 4. The summed E-state index contributed by atoms with van der Waals surface area (Å²) in [6, 6.07) is 10.3. The maximum Gasteiger partial charge on any atom is 0.431 e. The number of para-hydroxylation sites is 1. The second-order valence-corrected chi connectivity index (χ2v) is 8.75. The van der Waals surface area contributed by atoms with Gasteiger partial charge in [-0.25, -0.2) is 0 Å². The average Bonchev–Trinajstić information content (AvgIpc) is 3.00. The van der Waals surface area contributed by atoms with Crippen molar-refractivity contribution in [2.75, 3.05) is 25.7 Å². The highest BCUT2D eigenvalue weighted by Gasteiger charge is 2.44. The van der Waals surface area contributed by atoms with Crippen LogP contribution in [0.25, 0.3) is 0 Å². The van der Waals surface area contributed by atoms with Crippen molar-refractivity contribution in [3.8, 4) is 11.5 Å². The van der Waals surface area contributed by atoms with Crippen molar-refractivity contribution in [2.45, 2.75) is 52.8 Å². The summed E-state index contributed by atoms with van der Waals surface area (Å²) in [7, 11) is 3.04. The molecule has 1 aliphatic heterocycles. The van der Waals surface area contributed by atoms with E-state index < -0.39 is 18.0 Å². The van der Waals surface area contributed by atoms with E-state index >= 15 is 0 Å². The normalized spacial score (nSPS) is 18.5. The van der Waals surface area contributed by atoms with Crippen LogP contribution >= 0.6 is 11.6 Å². The van der Waals surface area contributed by atoms with Gasteiger partial charge in [-0.15, -0.1) is 0 Å². The van der Waals surface area contributed by atoms with Gasteiger partial charge in [-0.2, -0.15) is 13.2 Å². The molecular weight excluding hydrogens is 479 g/mol. The number of halogens is 4. The van der Waals surface area contributed by atoms with E-state index in [1.165, 1.54) is 26.0 Å². The summed E-state index contributed by atoms with van der Waals surface area (Å²) in [4.78, 5) is 1.30. The van der Waals surface area contributed by atoms with E-state index in [2.05, 4.69) is 0 Å². The molecule has 0 bridgehead atoms. The Morgan fingerprint density at radius 3 is 2.31 bits per heavy atom. The maximum atomic E-state index is 14.6. The van der Waals surface area contributed by atoms with Crippen LogP contribution in [0.2, 0.25) is 5.02 Å². The lowest BCUT2D eigenvalue weighted by Crippen LogP contribution is -2.34. The lowest BCUT2D eigenvalue weighted by Gasteiger charge is -2.33. The Morgan fingerprint density at radius 1 is 1.06 bits per heavy atom. The van der Waals surface area contributed by atoms with Crippen molar-refractivity contribution in [2.24, 2.45) is 0 Å². The molecule has 1 aliphatic rings. The molecule has 3 rings (SSSR count). The molecule has 0 fully saturated rings. The first-order valence-corrected chi connectivity index (χ1v) is 11.8. The molecule has 0 saturated carbocycles. The third kappa shape index (κ3) is 5.16. The summed E-state index contributed by atoms with van der Waals surface area (Å²) >= 11 is 6.70. The minimum atomic E-state index is -4.59. The van der Waals surface area contributed by atoms with E-state index in [0.29, 0.717) is 45.5 Å². The summed E-state index contributed by atoms with van der Waals surface area (Å²) in [5.74, 6) is 0.926. The highest BCUT2D eigenvalue weighted by atomic mass is 35.5. The van der Waals surface area contributed by atoms with Crippen molar-refractivity contribution in [1.82, 2.24) is 0 Å². The largest absolute Gasteiger partial charge is 0.493 e. The summed E-state index contributed by atoms with van der Waals surface area (Å²) < 4.78 is 61.3. The van der Waals surface area contributed by atoms with Crippen molar-refractivity contribution < 1.29 is 27.4 Å². The Hall–Kier alpha value is -2.64. The Bertz CT molecular complexity index is 1140. The SMILES string of the molecule is CCC(C)=C1CO[C@H](c2cccc(OC)c2OC)c2c(Cl)cccc2N1/C(=C(\C)CC)C(F)(F)F. The quantitative estimate of drug-likeness (QED) is 0.392. The second-order valence-electron chi connectivity index (χ2n) is 8.34. The Morgan fingerprint density at radius 2 is 1.74 bits per heavy atom. The smallest absolute Gasteiger partial charge is 0.431 e. The first kappa shape index (κ1) is 27.0. The number of anilines is 1. The zero-order chi connectivity index (χ0) is 25.9. The molecule has 0 aliphatic carbocycles. The topological polar surface area (TPSA) is 30.9 Å². The van der Waals surface area contributed by atoms with E-state index in [1.54, 1.807) is 37.3 Å². The second kappa shape index (κ2) is 11.0. The maximum absolute atomic E-state index is 14.6. The number of allylic oxidation sites excluding steroid dienone is 3. The average molecular weight is 510 g/mol. The lowest BCUT2D eigenvalue weighted by molar-refractivity contribution is -0.0939. The first-order chi connectivity index (χ1) is 16.6. The molecule has 2 aromatic rings. The molecule has 0 aromatic heterocycles. The van der Waals surface area contributed by atoms with E-state index in [4.69, 9.17) is 25.8 Å². The summed E-state index contributed by atoms with van der Waals surface area (Å²) in [6.45, 7) is 6.93. The molecule has 8 heteroatoms. The van der Waals surface area contributed by atoms with Crippen molar-refractivity contribution in [1.29, 1.82) is 0 Å². The number of methoxy groups -OCH3 is 2. The molecule has 1 atom stereocenters. The van der Waals surface area contributed by atoms with Crippen LogP contribution in [0, 0.1) is 0 Å². The molecule has 35 heavy (non-hydrogen) atoms. The number of ether oxygens (including phenoxy) is 3. The highest BCUT2D eigenvalue weighted by Crippen LogP contribution is 2.50. The van der Waals surface area contributed by atoms with Gasteiger partial charge < -0.3 is 19.1 Å². The Kier molecular flexibility index (Phi) is 8.44. The van der Waals surface area contributed by atoms with Crippen molar-refractivity contribution in [3.63, 3.8) is 0 Å². The predicted molar refractivity (Wildman–Crippen MR) is 133 cm³/mol. The van der Waals surface area contributed by atoms with Crippen LogP contribution in [0.4, 0.5) is 18.9 Å². The van der Waals surface area contributed by atoms with Gasteiger partial charge in [0.2, 0.25) is 0 Å². The monoisotopic (exact) mass is 509 g/mol. The van der Waals surface area contributed by atoms with E-state index in [0.717, 1.165) is 5.57 Å². The fourth-order valence-corrected chi connectivity index (χ4v) is 4.57. The van der Waals surface area contributed by atoms with Gasteiger partial charge in [-0.05, 0) is 50.5 Å². The molecular formula is C27H31ClF3NO3. The summed E-state index contributed by atoms with van der Waals surface area (Å²) in [5.41, 5.74) is 2.12. The van der Waals surface area contributed by atoms with Gasteiger partial charge in [0.15, 0.2) is 11.5 Å². The van der Waals surface area contributed by atoms with Gasteiger partial charge >= 0.3 is 6.18 Å². The lowest BCUT2D eigenvalue weighted by atomic mass is 9.97. The van der Waals surface area contributed by atoms with Crippen LogP contribution in [-0.4, -0.2) is 27.0 Å². The fourth-order valence-electron chi connectivity index (χ4n) is 4.30. The first-order valence-electron chi connectivity index (χ1n) is 11.5. The van der Waals surface area contributed by atoms with Crippen LogP contribution in [0.15, 0.2) is 58.9 Å². The highest BCUT2D eigenvalue weighted by molar-refractivity contribution is 6.32. The minimum Gasteiger partial charge on any atom is -0.493 e. The molecule has 0 amide bonds. The molecule has 0 unspecified atom stereocenters. The number of alkyl halides is 3. The van der Waals surface area contributed by atoms with Crippen LogP contribution in [0.3, 0.4) is 0 Å². The number of rotatable bonds is 6. The van der Waals surface area contributed by atoms with Crippen LogP contribution in [0.1, 0.15) is 57.8 Å². The van der Waals surface area contributed by atoms with Crippen LogP contribution in [0.5, 0.6) is 11.5 Å². The van der Waals surface area contributed by atoms with Gasteiger partial charge in [-0.3, -0.25) is 0 Å². The third-order valence-electron chi connectivity index (χ3n) is 6.36. The molecule has 4 nitrogen and oxygen atoms in total. The predicted octanol–water partition coefficient (Wildman–Crippen LogP) is 8.21. The van der Waals surface area contributed by atoms with Gasteiger partial charge in [0.05, 0.1) is 26.5 Å². The van der Waals surface area contributed by atoms with Gasteiger partial charge in [-0.1, -0.05) is 49.2 Å². The number of nitrogens with zero attached hydrogens (tertiary/aromatic N) is 1. The molecule has 0 spiro atoms. The summed E-state index contributed by atoms with van der Waals surface area (Å²) in [5, 5.41) is 0.299. The van der Waals surface area contributed by atoms with Crippen molar-refractivity contribution >= 4 is 17.3 Å². The molecule has 2 aromatic carbocycles. The standard InChI is InChI=1S/C27H31ClF3NO3/c1-7-16(3)21-15-35-25(18-11-9-14-22(33-5)24(18)34-6)23-19(28)12-10-13-20(23)32(21)26(17(4)8-2)27(29,30)31/h9-14,25H,7-8,15H2,1-6H3/b21-16?,26-17+/t25-/m1/s1. The summed E-state index contributed by atoms with van der Waals surface area (Å²) in [6.07, 6.45) is -4.57. The number of benzene rings is 2. The number of fused-ring (bicyclic) bond motifs is 1. The molecule has 190 valence electrons. The minimum absolute atomic E-state index is 0.0493. The van der Waals surface area contributed by atoms with Gasteiger partial charge in [0.25, 0.3) is 0 Å². The Labute approximate surface area is 209 Å². The molecule has 1 heterocycles.